The van der Waals surface area contributed by atoms with Gasteiger partial charge in [-0.25, -0.2) is 0 Å². The Morgan fingerprint density at radius 3 is 2.67 bits per heavy atom. The zero-order valence-corrected chi connectivity index (χ0v) is 21.8. The first-order valence-electron chi connectivity index (χ1n) is 12.1. The van der Waals surface area contributed by atoms with Crippen LogP contribution in [0.5, 0.6) is 23.0 Å². The van der Waals surface area contributed by atoms with Crippen LogP contribution in [0.15, 0.2) is 59.0 Å². The van der Waals surface area contributed by atoms with Gasteiger partial charge in [-0.05, 0) is 89.1 Å². The van der Waals surface area contributed by atoms with Gasteiger partial charge >= 0.3 is 10.1 Å². The zero-order valence-electron chi connectivity index (χ0n) is 21.0. The van der Waals surface area contributed by atoms with Crippen molar-refractivity contribution in [1.82, 2.24) is 0 Å². The summed E-state index contributed by atoms with van der Waals surface area (Å²) < 4.78 is 49.9. The average Bonchev–Trinajstić information content (AvgIpc) is 2.83. The Kier molecular flexibility index (Phi) is 6.20. The molecule has 2 aliphatic heterocycles. The van der Waals surface area contributed by atoms with Crippen LogP contribution >= 0.6 is 0 Å². The Morgan fingerprint density at radius 1 is 1.08 bits per heavy atom. The maximum atomic E-state index is 13.1. The third-order valence-corrected chi connectivity index (χ3v) is 7.74. The minimum Gasteiger partial charge on any atom is -0.494 e. The van der Waals surface area contributed by atoms with Crippen LogP contribution in [-0.2, 0) is 10.1 Å². The smallest absolute Gasteiger partial charge is 0.335 e. The highest BCUT2D eigenvalue weighted by Gasteiger charge is 2.28. The van der Waals surface area contributed by atoms with E-state index < -0.39 is 10.1 Å². The van der Waals surface area contributed by atoms with E-state index in [1.54, 1.807) is 12.1 Å². The Hall–Kier alpha value is -3.45. The van der Waals surface area contributed by atoms with E-state index in [0.29, 0.717) is 30.8 Å². The zero-order chi connectivity index (χ0) is 25.5. The molecular weight excluding hydrogens is 476 g/mol. The van der Waals surface area contributed by atoms with Gasteiger partial charge in [0.1, 0.15) is 29.5 Å². The molecule has 2 heterocycles. The third-order valence-electron chi connectivity index (χ3n) is 6.36. The monoisotopic (exact) mass is 506 g/mol. The van der Waals surface area contributed by atoms with Gasteiger partial charge < -0.3 is 18.4 Å². The average molecular weight is 507 g/mol. The van der Waals surface area contributed by atoms with E-state index in [1.807, 2.05) is 76.3 Å². The largest absolute Gasteiger partial charge is 0.494 e. The lowest BCUT2D eigenvalue weighted by Crippen LogP contribution is -2.27. The molecule has 0 fully saturated rings. The quantitative estimate of drug-likeness (QED) is 0.415. The first kappa shape index (κ1) is 24.3. The van der Waals surface area contributed by atoms with Gasteiger partial charge in [0.15, 0.2) is 5.75 Å². The van der Waals surface area contributed by atoms with E-state index in [2.05, 4.69) is 0 Å². The second-order valence-corrected chi connectivity index (χ2v) is 11.3. The minimum atomic E-state index is -3.97. The predicted octanol–water partition coefficient (Wildman–Crippen LogP) is 6.54. The standard InChI is InChI=1S/C29H30O6S/c1-5-32-22-9-12-24(27(17-22)35-36(30,31)23-10-6-19(2)7-11-23)21-16-20-8-13-26-25(28(20)33-18-21)14-15-29(3,4)34-26/h6,8-10,12-17H,5,7,11,18H2,1-4H3. The fraction of sp³-hybridized carbons (Fsp3) is 0.310. The van der Waals surface area contributed by atoms with Gasteiger partial charge in [0.25, 0.3) is 0 Å². The Labute approximate surface area is 212 Å². The van der Waals surface area contributed by atoms with Crippen LogP contribution in [0.2, 0.25) is 0 Å². The van der Waals surface area contributed by atoms with Gasteiger partial charge in [-0.15, -0.1) is 0 Å². The van der Waals surface area contributed by atoms with Gasteiger partial charge in [-0.1, -0.05) is 11.6 Å². The first-order valence-corrected chi connectivity index (χ1v) is 13.5. The van der Waals surface area contributed by atoms with Crippen LogP contribution < -0.4 is 18.4 Å². The number of hydrogen-bond donors (Lipinski definition) is 0. The molecule has 188 valence electrons. The van der Waals surface area contributed by atoms with Crippen LogP contribution in [0.25, 0.3) is 17.7 Å². The van der Waals surface area contributed by atoms with E-state index in [0.717, 1.165) is 33.8 Å². The van der Waals surface area contributed by atoms with Crippen molar-refractivity contribution >= 4 is 27.8 Å². The molecule has 0 N–H and O–H groups in total. The maximum Gasteiger partial charge on any atom is 0.335 e. The van der Waals surface area contributed by atoms with Crippen LogP contribution in [0.3, 0.4) is 0 Å². The molecule has 0 unspecified atom stereocenters. The molecule has 0 aromatic heterocycles. The molecule has 7 heteroatoms. The highest BCUT2D eigenvalue weighted by molar-refractivity contribution is 7.91. The molecular formula is C29H30O6S. The lowest BCUT2D eigenvalue weighted by molar-refractivity contribution is 0.158. The highest BCUT2D eigenvalue weighted by atomic mass is 32.2. The summed E-state index contributed by atoms with van der Waals surface area (Å²) in [5.41, 5.74) is 4.01. The second-order valence-electron chi connectivity index (χ2n) is 9.67. The summed E-state index contributed by atoms with van der Waals surface area (Å²) in [7, 11) is -3.97. The molecule has 0 bridgehead atoms. The summed E-state index contributed by atoms with van der Waals surface area (Å²) in [5, 5.41) is 0. The van der Waals surface area contributed by atoms with Crippen LogP contribution in [0.1, 0.15) is 57.2 Å². The van der Waals surface area contributed by atoms with Crippen molar-refractivity contribution in [3.8, 4) is 23.0 Å². The molecule has 36 heavy (non-hydrogen) atoms. The van der Waals surface area contributed by atoms with Gasteiger partial charge in [-0.3, -0.25) is 0 Å². The van der Waals surface area contributed by atoms with E-state index in [-0.39, 0.29) is 22.9 Å². The van der Waals surface area contributed by atoms with E-state index in [9.17, 15) is 8.42 Å². The predicted molar refractivity (Wildman–Crippen MR) is 142 cm³/mol. The maximum absolute atomic E-state index is 13.1. The molecule has 0 atom stereocenters. The molecule has 1 aliphatic carbocycles. The number of ether oxygens (including phenoxy) is 3. The molecule has 2 aromatic rings. The van der Waals surface area contributed by atoms with Crippen molar-refractivity contribution < 1.29 is 26.8 Å². The Balaban J connectivity index is 1.53. The summed E-state index contributed by atoms with van der Waals surface area (Å²) in [6.45, 7) is 8.59. The van der Waals surface area contributed by atoms with Crippen molar-refractivity contribution in [1.29, 1.82) is 0 Å². The lowest BCUT2D eigenvalue weighted by atomic mass is 9.95. The van der Waals surface area contributed by atoms with Gasteiger partial charge in [-0.2, -0.15) is 8.42 Å². The Bertz CT molecular complexity index is 1440. The number of hydrogen-bond acceptors (Lipinski definition) is 6. The van der Waals surface area contributed by atoms with Crippen LogP contribution in [0, 0.1) is 0 Å². The summed E-state index contributed by atoms with van der Waals surface area (Å²) in [6, 6.07) is 9.15. The van der Waals surface area contributed by atoms with Crippen molar-refractivity contribution in [2.45, 2.75) is 46.1 Å². The number of rotatable bonds is 6. The molecule has 0 amide bonds. The van der Waals surface area contributed by atoms with E-state index in [4.69, 9.17) is 18.4 Å². The fourth-order valence-corrected chi connectivity index (χ4v) is 5.52. The molecule has 5 rings (SSSR count). The molecule has 3 aliphatic rings. The minimum absolute atomic E-state index is 0.217. The normalized spacial score (nSPS) is 17.9. The number of allylic oxidation sites excluding steroid dienone is 4. The molecule has 6 nitrogen and oxygen atoms in total. The van der Waals surface area contributed by atoms with E-state index >= 15 is 0 Å². The van der Waals surface area contributed by atoms with Gasteiger partial charge in [0.2, 0.25) is 0 Å². The van der Waals surface area contributed by atoms with Crippen LogP contribution in [-0.4, -0.2) is 27.2 Å². The van der Waals surface area contributed by atoms with E-state index in [1.165, 1.54) is 0 Å². The van der Waals surface area contributed by atoms with Gasteiger partial charge in [0.05, 0.1) is 17.1 Å². The van der Waals surface area contributed by atoms with Crippen molar-refractivity contribution in [2.75, 3.05) is 13.2 Å². The molecule has 0 radical (unpaired) electrons. The summed E-state index contributed by atoms with van der Waals surface area (Å²) >= 11 is 0. The van der Waals surface area contributed by atoms with Gasteiger partial charge in [0, 0.05) is 22.8 Å². The van der Waals surface area contributed by atoms with Crippen molar-refractivity contribution in [3.63, 3.8) is 0 Å². The summed E-state index contributed by atoms with van der Waals surface area (Å²) in [6.07, 6.45) is 10.6. The molecule has 0 saturated carbocycles. The summed E-state index contributed by atoms with van der Waals surface area (Å²) in [5.74, 6) is 2.28. The fourth-order valence-electron chi connectivity index (χ4n) is 4.45. The summed E-state index contributed by atoms with van der Waals surface area (Å²) in [4.78, 5) is 0.265. The molecule has 0 spiro atoms. The highest BCUT2D eigenvalue weighted by Crippen LogP contribution is 2.44. The molecule has 0 saturated heterocycles. The first-order chi connectivity index (χ1) is 17.1. The third kappa shape index (κ3) is 4.80. The van der Waals surface area contributed by atoms with Crippen molar-refractivity contribution in [3.05, 3.63) is 75.7 Å². The SMILES string of the molecule is CCOc1ccc(C2=Cc3ccc4c(c3OC2)C=CC(C)(C)O4)c(OS(=O)(=O)C2=CC=C(C)CC2)c1. The Morgan fingerprint density at radius 2 is 1.92 bits per heavy atom. The number of benzene rings is 2. The lowest BCUT2D eigenvalue weighted by Gasteiger charge is -2.30. The van der Waals surface area contributed by atoms with Crippen LogP contribution in [0.4, 0.5) is 0 Å². The topological polar surface area (TPSA) is 71.1 Å². The second kappa shape index (κ2) is 9.21. The molecule has 2 aromatic carbocycles. The van der Waals surface area contributed by atoms with Crippen molar-refractivity contribution in [2.24, 2.45) is 0 Å². The number of fused-ring (bicyclic) bond motifs is 3.